The average molecular weight is 502 g/mol. The Morgan fingerprint density at radius 2 is 1.92 bits per heavy atom. The number of hydrogen-bond donors (Lipinski definition) is 1. The van der Waals surface area contributed by atoms with Crippen molar-refractivity contribution in [1.29, 1.82) is 5.26 Å². The lowest BCUT2D eigenvalue weighted by atomic mass is 9.44. The van der Waals surface area contributed by atoms with E-state index in [1.807, 2.05) is 68.1 Å². The second kappa shape index (κ2) is 9.31. The number of nitrogens with zero attached hydrogens (tertiary/aromatic N) is 5. The van der Waals surface area contributed by atoms with Crippen molar-refractivity contribution in [1.82, 2.24) is 19.5 Å². The first-order valence-corrected chi connectivity index (χ1v) is 12.4. The van der Waals surface area contributed by atoms with Crippen molar-refractivity contribution in [3.63, 3.8) is 0 Å². The Labute approximate surface area is 220 Å². The molecule has 6 rings (SSSR count). The molecule has 2 aromatic carbocycles. The van der Waals surface area contributed by atoms with Gasteiger partial charge in [-0.3, -0.25) is 0 Å². The van der Waals surface area contributed by atoms with Crippen LogP contribution in [0.5, 0.6) is 11.6 Å². The summed E-state index contributed by atoms with van der Waals surface area (Å²) in [6.45, 7) is 1.35. The van der Waals surface area contributed by atoms with Crippen LogP contribution in [-0.2, 0) is 13.5 Å². The summed E-state index contributed by atoms with van der Waals surface area (Å²) in [5.41, 5.74) is 7.06. The molecule has 0 amide bonds. The smallest absolute Gasteiger partial charge is 0.323 e. The third-order valence-electron chi connectivity index (χ3n) is 7.17. The molecule has 0 unspecified atom stereocenters. The minimum absolute atomic E-state index is 0.104. The lowest BCUT2D eigenvalue weighted by Crippen LogP contribution is -2.34. The summed E-state index contributed by atoms with van der Waals surface area (Å²) in [6, 6.07) is 17.0. The van der Waals surface area contributed by atoms with Crippen LogP contribution in [0.4, 0.5) is 10.1 Å². The van der Waals surface area contributed by atoms with E-state index in [0.29, 0.717) is 35.4 Å². The zero-order valence-corrected chi connectivity index (χ0v) is 21.3. The fourth-order valence-electron chi connectivity index (χ4n) is 5.33. The van der Waals surface area contributed by atoms with Crippen LogP contribution in [0, 0.1) is 24.0 Å². The summed E-state index contributed by atoms with van der Waals surface area (Å²) in [6.07, 6.45) is 2.30. The van der Waals surface area contributed by atoms with Gasteiger partial charge >= 0.3 is 6.71 Å². The van der Waals surface area contributed by atoms with Crippen LogP contribution in [-0.4, -0.2) is 33.3 Å². The minimum Gasteiger partial charge on any atom is -0.436 e. The van der Waals surface area contributed by atoms with Gasteiger partial charge in [0.1, 0.15) is 12.0 Å². The van der Waals surface area contributed by atoms with Crippen molar-refractivity contribution >= 4 is 29.0 Å². The summed E-state index contributed by atoms with van der Waals surface area (Å²) < 4.78 is 24.1. The molecule has 1 N–H and O–H groups in total. The third kappa shape index (κ3) is 3.77. The van der Waals surface area contributed by atoms with E-state index in [1.54, 1.807) is 12.1 Å². The Bertz CT molecular complexity index is 1740. The molecule has 0 aliphatic carbocycles. The monoisotopic (exact) mass is 502 g/mol. The zero-order chi connectivity index (χ0) is 26.4. The number of hydrogen-bond acceptors (Lipinski definition) is 6. The van der Waals surface area contributed by atoms with Crippen LogP contribution in [0.1, 0.15) is 11.3 Å². The van der Waals surface area contributed by atoms with E-state index in [9.17, 15) is 5.26 Å². The second-order valence-corrected chi connectivity index (χ2v) is 9.41. The Morgan fingerprint density at radius 3 is 2.66 bits per heavy atom. The van der Waals surface area contributed by atoms with E-state index < -0.39 is 12.5 Å². The summed E-state index contributed by atoms with van der Waals surface area (Å²) in [5.74, 6) is 2.38. The van der Waals surface area contributed by atoms with Crippen LogP contribution in [0.2, 0.25) is 6.32 Å². The summed E-state index contributed by atoms with van der Waals surface area (Å²) in [7, 11) is 3.82. The molecule has 0 fully saturated rings. The molecule has 0 atom stereocenters. The molecule has 0 saturated heterocycles. The number of anilines is 1. The standard InChI is InChI=1S/C29H24BFN6O/c1-17-5-4-6-23(36-17)38-22-12-11-20-21(26(22)31)13-14-30(15-32)28-25-24(20)27(37(3)29(25)35-16-34-28)18-7-9-19(33-2)10-8-18/h4-12,16,33H,13-14H2,1-3H3. The topological polar surface area (TPSA) is 88.7 Å². The molecule has 186 valence electrons. The number of rotatable bonds is 4. The highest BCUT2D eigenvalue weighted by atomic mass is 19.1. The molecule has 1 aliphatic heterocycles. The quantitative estimate of drug-likeness (QED) is 0.336. The highest BCUT2D eigenvalue weighted by Crippen LogP contribution is 2.44. The second-order valence-electron chi connectivity index (χ2n) is 9.41. The fraction of sp³-hybridized carbons (Fsp3) is 0.172. The number of nitriles is 1. The number of nitrogens with one attached hydrogen (secondary N) is 1. The molecule has 5 aromatic rings. The van der Waals surface area contributed by atoms with Crippen LogP contribution in [0.15, 0.2) is 60.9 Å². The van der Waals surface area contributed by atoms with Crippen molar-refractivity contribution in [2.45, 2.75) is 19.7 Å². The van der Waals surface area contributed by atoms with E-state index in [-0.39, 0.29) is 5.75 Å². The van der Waals surface area contributed by atoms with E-state index >= 15 is 4.39 Å². The van der Waals surface area contributed by atoms with E-state index in [4.69, 9.17) is 4.74 Å². The molecule has 0 bridgehead atoms. The highest BCUT2D eigenvalue weighted by molar-refractivity contribution is 6.81. The number of aromatic nitrogens is 4. The van der Waals surface area contributed by atoms with Gasteiger partial charge in [0, 0.05) is 54.1 Å². The van der Waals surface area contributed by atoms with Crippen molar-refractivity contribution < 1.29 is 9.13 Å². The molecule has 9 heteroatoms. The van der Waals surface area contributed by atoms with E-state index in [1.165, 1.54) is 6.33 Å². The fourth-order valence-corrected chi connectivity index (χ4v) is 5.33. The van der Waals surface area contributed by atoms with Gasteiger partial charge in [0.2, 0.25) is 5.88 Å². The number of benzene rings is 2. The largest absolute Gasteiger partial charge is 0.436 e. The van der Waals surface area contributed by atoms with Crippen molar-refractivity contribution in [2.75, 3.05) is 12.4 Å². The van der Waals surface area contributed by atoms with Gasteiger partial charge in [0.25, 0.3) is 0 Å². The summed E-state index contributed by atoms with van der Waals surface area (Å²) in [5, 5.41) is 14.0. The normalized spacial score (nSPS) is 12.4. The Kier molecular flexibility index (Phi) is 5.80. The Balaban J connectivity index is 1.63. The number of halogens is 1. The molecule has 38 heavy (non-hydrogen) atoms. The van der Waals surface area contributed by atoms with Gasteiger partial charge in [0.15, 0.2) is 11.6 Å². The third-order valence-corrected chi connectivity index (χ3v) is 7.17. The van der Waals surface area contributed by atoms with Crippen molar-refractivity contribution in [2.24, 2.45) is 7.05 Å². The molecule has 0 radical (unpaired) electrons. The van der Waals surface area contributed by atoms with Crippen LogP contribution in [0.3, 0.4) is 0 Å². The van der Waals surface area contributed by atoms with Gasteiger partial charge < -0.3 is 14.6 Å². The maximum Gasteiger partial charge on any atom is 0.323 e. The number of pyridine rings is 1. The maximum absolute atomic E-state index is 16.2. The first-order valence-electron chi connectivity index (χ1n) is 12.4. The Hall–Kier alpha value is -4.71. The first-order chi connectivity index (χ1) is 18.5. The van der Waals surface area contributed by atoms with E-state index in [0.717, 1.165) is 39.2 Å². The van der Waals surface area contributed by atoms with Gasteiger partial charge in [0.05, 0.1) is 5.69 Å². The van der Waals surface area contributed by atoms with Gasteiger partial charge in [-0.15, -0.1) is 0 Å². The lowest BCUT2D eigenvalue weighted by Gasteiger charge is -2.19. The predicted molar refractivity (Wildman–Crippen MR) is 147 cm³/mol. The number of ether oxygens (including phenoxy) is 1. The molecule has 1 aliphatic rings. The van der Waals surface area contributed by atoms with E-state index in [2.05, 4.69) is 26.2 Å². The Morgan fingerprint density at radius 1 is 1.11 bits per heavy atom. The molecule has 7 nitrogen and oxygen atoms in total. The zero-order valence-electron chi connectivity index (χ0n) is 21.3. The summed E-state index contributed by atoms with van der Waals surface area (Å²) >= 11 is 0. The molecular weight excluding hydrogens is 478 g/mol. The lowest BCUT2D eigenvalue weighted by molar-refractivity contribution is 0.424. The maximum atomic E-state index is 16.2. The SMILES string of the molecule is CNc1ccc(-c2c3c4c(ncnc4n2C)B(C#N)CCc2c-3ccc(Oc3cccc(C)n3)c2F)cc1. The average Bonchev–Trinajstić information content (AvgIpc) is 3.22. The summed E-state index contributed by atoms with van der Waals surface area (Å²) in [4.78, 5) is 13.5. The predicted octanol–water partition coefficient (Wildman–Crippen LogP) is 5.30. The van der Waals surface area contributed by atoms with Gasteiger partial charge in [-0.2, -0.15) is 0 Å². The highest BCUT2D eigenvalue weighted by Gasteiger charge is 2.33. The van der Waals surface area contributed by atoms with Crippen LogP contribution >= 0.6 is 0 Å². The van der Waals surface area contributed by atoms with Gasteiger partial charge in [-0.25, -0.2) is 24.6 Å². The van der Waals surface area contributed by atoms with Crippen LogP contribution in [0.25, 0.3) is 33.4 Å². The van der Waals surface area contributed by atoms with Gasteiger partial charge in [-0.05, 0) is 60.6 Å². The van der Waals surface area contributed by atoms with Crippen LogP contribution < -0.4 is 15.6 Å². The molecule has 0 spiro atoms. The van der Waals surface area contributed by atoms with Crippen molar-refractivity contribution in [3.8, 4) is 40.0 Å². The minimum atomic E-state index is -0.503. The van der Waals surface area contributed by atoms with Crippen molar-refractivity contribution in [3.05, 3.63) is 78.0 Å². The number of aryl methyl sites for hydroxylation is 2. The number of fused-ring (bicyclic) bond motifs is 2. The molecule has 4 heterocycles. The molecule has 0 saturated carbocycles. The molecule has 3 aromatic heterocycles. The molecular formula is C29H24BFN6O. The van der Waals surface area contributed by atoms with Gasteiger partial charge in [-0.1, -0.05) is 24.3 Å². The first kappa shape index (κ1) is 23.7.